The predicted molar refractivity (Wildman–Crippen MR) is 329 cm³/mol. The molecule has 0 aromatic rings. The fraction of sp³-hybridized carbons (Fsp3) is 0.794. The average Bonchev–Trinajstić information content (AvgIpc) is 3.49. The van der Waals surface area contributed by atoms with E-state index in [1.54, 1.807) is 6.08 Å². The number of hydrogen-bond acceptors (Lipinski definition) is 10. The molecule has 1 rings (SSSR count). The SMILES string of the molecule is CC/C=C\C/C=C\C/C=C\C/C=C\C/C=C\CCCC(=O)OC1C(OCC(NC(=O)C(O)CCCCCCCCCCCCCCCCCCCCCC)C(O)/C=C/CCCCCCCCCCCCC)OC(CO)C(O)C1O. The van der Waals surface area contributed by atoms with Crippen LogP contribution < -0.4 is 5.32 Å². The van der Waals surface area contributed by atoms with Crippen molar-refractivity contribution in [3.8, 4) is 0 Å². The Morgan fingerprint density at radius 3 is 1.35 bits per heavy atom. The molecular weight excluding hydrogens is 991 g/mol. The summed E-state index contributed by atoms with van der Waals surface area (Å²) in [7, 11) is 0. The quantitative estimate of drug-likeness (QED) is 0.0195. The number of unbranched alkanes of at least 4 members (excludes halogenated alkanes) is 31. The van der Waals surface area contributed by atoms with E-state index in [0.717, 1.165) is 70.6 Å². The predicted octanol–water partition coefficient (Wildman–Crippen LogP) is 16.0. The standard InChI is InChI=1S/C68H121NO10/c1-4-7-10-13-16-19-22-25-27-29-30-31-33-34-37-40-43-46-49-52-55-61(72)67(76)69-59(60(71)54-51-48-45-42-39-36-24-21-18-15-12-9-6-3)58-77-68-66(65(75)64(74)62(57-70)78-68)79-63(73)56-53-50-47-44-41-38-35-32-28-26-23-20-17-14-11-8-5-2/h8,11,17,20,26,28,35,38,44,47,51,54,59-62,64-66,68,70-72,74-75H,4-7,9-10,12-16,18-19,21-25,27,29-34,36-37,39-43,45-46,48-50,52-53,55-58H2,1-3H3,(H,69,76)/b11-8-,20-17-,28-26-,38-35-,47-44-,54-51+. The minimum Gasteiger partial charge on any atom is -0.454 e. The Balaban J connectivity index is 2.68. The molecule has 79 heavy (non-hydrogen) atoms. The summed E-state index contributed by atoms with van der Waals surface area (Å²) in [6.07, 6.45) is 60.9. The molecule has 11 heteroatoms. The van der Waals surface area contributed by atoms with Crippen LogP contribution in [0, 0.1) is 0 Å². The van der Waals surface area contributed by atoms with E-state index in [1.807, 2.05) is 18.2 Å². The Bertz CT molecular complexity index is 1560. The third-order valence-corrected chi connectivity index (χ3v) is 15.1. The van der Waals surface area contributed by atoms with E-state index in [0.29, 0.717) is 19.3 Å². The highest BCUT2D eigenvalue weighted by atomic mass is 16.7. The lowest BCUT2D eigenvalue weighted by atomic mass is 9.99. The highest BCUT2D eigenvalue weighted by Crippen LogP contribution is 2.26. The van der Waals surface area contributed by atoms with E-state index < -0.39 is 67.4 Å². The highest BCUT2D eigenvalue weighted by Gasteiger charge is 2.47. The fourth-order valence-corrected chi connectivity index (χ4v) is 9.98. The summed E-state index contributed by atoms with van der Waals surface area (Å²) in [4.78, 5) is 26.6. The molecule has 11 nitrogen and oxygen atoms in total. The van der Waals surface area contributed by atoms with Gasteiger partial charge in [0.15, 0.2) is 12.4 Å². The summed E-state index contributed by atoms with van der Waals surface area (Å²) in [5.74, 6) is -1.25. The van der Waals surface area contributed by atoms with Gasteiger partial charge in [0.1, 0.15) is 24.4 Å². The second kappa shape index (κ2) is 55.6. The molecule has 0 aromatic heterocycles. The Morgan fingerprint density at radius 1 is 0.506 bits per heavy atom. The molecule has 6 N–H and O–H groups in total. The second-order valence-corrected chi connectivity index (χ2v) is 22.5. The molecule has 8 unspecified atom stereocenters. The van der Waals surface area contributed by atoms with E-state index in [4.69, 9.17) is 14.2 Å². The van der Waals surface area contributed by atoms with Crippen LogP contribution in [0.1, 0.15) is 284 Å². The third kappa shape index (κ3) is 43.5. The van der Waals surface area contributed by atoms with Crippen LogP contribution in [0.15, 0.2) is 72.9 Å². The molecule has 1 aliphatic rings. The summed E-state index contributed by atoms with van der Waals surface area (Å²) in [5.41, 5.74) is 0. The molecule has 1 aliphatic heterocycles. The van der Waals surface area contributed by atoms with Gasteiger partial charge < -0.3 is 45.1 Å². The Morgan fingerprint density at radius 2 is 0.911 bits per heavy atom. The van der Waals surface area contributed by atoms with Gasteiger partial charge in [0.05, 0.1) is 25.4 Å². The van der Waals surface area contributed by atoms with Crippen LogP contribution in [0.4, 0.5) is 0 Å². The van der Waals surface area contributed by atoms with Crippen LogP contribution in [0.3, 0.4) is 0 Å². The van der Waals surface area contributed by atoms with Crippen molar-refractivity contribution in [1.82, 2.24) is 5.32 Å². The van der Waals surface area contributed by atoms with Gasteiger partial charge in [0, 0.05) is 6.42 Å². The van der Waals surface area contributed by atoms with Gasteiger partial charge in [-0.1, -0.05) is 286 Å². The van der Waals surface area contributed by atoms with Gasteiger partial charge in [-0.15, -0.1) is 0 Å². The van der Waals surface area contributed by atoms with Crippen molar-refractivity contribution >= 4 is 11.9 Å². The number of aliphatic hydroxyl groups is 5. The van der Waals surface area contributed by atoms with Crippen LogP contribution in [0.25, 0.3) is 0 Å². The molecule has 0 spiro atoms. The maximum Gasteiger partial charge on any atom is 0.306 e. The van der Waals surface area contributed by atoms with Crippen LogP contribution in [-0.4, -0.2) is 99.6 Å². The van der Waals surface area contributed by atoms with Crippen molar-refractivity contribution in [2.75, 3.05) is 13.2 Å². The first-order valence-electron chi connectivity index (χ1n) is 32.7. The van der Waals surface area contributed by atoms with Gasteiger partial charge in [0.25, 0.3) is 0 Å². The molecule has 1 amide bonds. The number of carbonyl (C=O) groups excluding carboxylic acids is 2. The molecule has 0 aliphatic carbocycles. The van der Waals surface area contributed by atoms with Crippen molar-refractivity contribution in [3.63, 3.8) is 0 Å². The van der Waals surface area contributed by atoms with E-state index in [9.17, 15) is 35.1 Å². The van der Waals surface area contributed by atoms with Crippen molar-refractivity contribution in [3.05, 3.63) is 72.9 Å². The summed E-state index contributed by atoms with van der Waals surface area (Å²) in [6, 6.07) is -1.04. The number of esters is 1. The monoisotopic (exact) mass is 1110 g/mol. The lowest BCUT2D eigenvalue weighted by molar-refractivity contribution is -0.305. The number of aliphatic hydroxyl groups excluding tert-OH is 5. The normalized spacial score (nSPS) is 19.3. The molecule has 458 valence electrons. The Kier molecular flexibility index (Phi) is 52.2. The number of allylic oxidation sites excluding steroid dienone is 11. The molecule has 0 saturated carbocycles. The van der Waals surface area contributed by atoms with Gasteiger partial charge in [-0.05, 0) is 64.2 Å². The van der Waals surface area contributed by atoms with Gasteiger partial charge >= 0.3 is 5.97 Å². The van der Waals surface area contributed by atoms with Crippen molar-refractivity contribution in [2.24, 2.45) is 0 Å². The fourth-order valence-electron chi connectivity index (χ4n) is 9.98. The van der Waals surface area contributed by atoms with Crippen LogP contribution in [0.2, 0.25) is 0 Å². The minimum absolute atomic E-state index is 0.0442. The maximum atomic E-state index is 13.5. The summed E-state index contributed by atoms with van der Waals surface area (Å²) in [5, 5.41) is 57.1. The van der Waals surface area contributed by atoms with Crippen LogP contribution >= 0.6 is 0 Å². The zero-order valence-corrected chi connectivity index (χ0v) is 50.7. The first kappa shape index (κ1) is 74.1. The number of nitrogens with one attached hydrogen (secondary N) is 1. The van der Waals surface area contributed by atoms with Gasteiger partial charge in [-0.3, -0.25) is 9.59 Å². The topological polar surface area (TPSA) is 175 Å². The first-order valence-corrected chi connectivity index (χ1v) is 32.7. The first-order chi connectivity index (χ1) is 38.7. The maximum absolute atomic E-state index is 13.5. The average molecular weight is 1110 g/mol. The lowest BCUT2D eigenvalue weighted by Crippen LogP contribution is -2.61. The number of ether oxygens (including phenoxy) is 3. The number of rotatable bonds is 55. The molecular formula is C68H121NO10. The van der Waals surface area contributed by atoms with Gasteiger partial charge in [0.2, 0.25) is 5.91 Å². The Hall–Kier alpha value is -2.90. The van der Waals surface area contributed by atoms with Crippen molar-refractivity contribution in [1.29, 1.82) is 0 Å². The number of hydrogen-bond donors (Lipinski definition) is 6. The summed E-state index contributed by atoms with van der Waals surface area (Å²) < 4.78 is 17.6. The summed E-state index contributed by atoms with van der Waals surface area (Å²) >= 11 is 0. The molecule has 0 aromatic carbocycles. The molecule has 1 saturated heterocycles. The van der Waals surface area contributed by atoms with E-state index in [1.165, 1.54) is 161 Å². The Labute approximate surface area is 483 Å². The van der Waals surface area contributed by atoms with Crippen molar-refractivity contribution < 1.29 is 49.3 Å². The third-order valence-electron chi connectivity index (χ3n) is 15.1. The van der Waals surface area contributed by atoms with E-state index in [-0.39, 0.29) is 19.4 Å². The summed E-state index contributed by atoms with van der Waals surface area (Å²) in [6.45, 7) is 5.67. The molecule has 0 bridgehead atoms. The lowest BCUT2D eigenvalue weighted by Gasteiger charge is -2.41. The number of carbonyl (C=O) groups is 2. The van der Waals surface area contributed by atoms with Crippen LogP contribution in [-0.2, 0) is 23.8 Å². The molecule has 1 heterocycles. The van der Waals surface area contributed by atoms with Gasteiger partial charge in [-0.25, -0.2) is 0 Å². The molecule has 8 atom stereocenters. The molecule has 0 radical (unpaired) electrons. The van der Waals surface area contributed by atoms with Crippen LogP contribution in [0.5, 0.6) is 0 Å². The largest absolute Gasteiger partial charge is 0.454 e. The smallest absolute Gasteiger partial charge is 0.306 e. The zero-order chi connectivity index (χ0) is 57.5. The molecule has 1 fully saturated rings. The highest BCUT2D eigenvalue weighted by molar-refractivity contribution is 5.80. The van der Waals surface area contributed by atoms with Crippen molar-refractivity contribution in [2.45, 2.75) is 333 Å². The van der Waals surface area contributed by atoms with E-state index >= 15 is 0 Å². The zero-order valence-electron chi connectivity index (χ0n) is 50.7. The minimum atomic E-state index is -1.64. The number of amides is 1. The van der Waals surface area contributed by atoms with E-state index in [2.05, 4.69) is 74.7 Å². The second-order valence-electron chi connectivity index (χ2n) is 22.5. The van der Waals surface area contributed by atoms with Gasteiger partial charge in [-0.2, -0.15) is 0 Å².